The van der Waals surface area contributed by atoms with E-state index in [2.05, 4.69) is 0 Å². The van der Waals surface area contributed by atoms with Gasteiger partial charge in [0.05, 0.1) is 16.4 Å². The first-order valence-corrected chi connectivity index (χ1v) is 7.01. The van der Waals surface area contributed by atoms with Gasteiger partial charge in [0.25, 0.3) is 0 Å². The highest BCUT2D eigenvalue weighted by Gasteiger charge is 2.37. The zero-order valence-electron chi connectivity index (χ0n) is 9.55. The number of hydrogen-bond acceptors (Lipinski definition) is 4. The number of rotatable bonds is 4. The summed E-state index contributed by atoms with van der Waals surface area (Å²) in [6.07, 6.45) is 0.942. The SMILES string of the molecule is CC(C(=O)O)C(C)S(=O)(=O)C1CCOCC1. The maximum Gasteiger partial charge on any atom is 0.307 e. The second-order valence-corrected chi connectivity index (χ2v) is 6.82. The number of carboxylic acids is 1. The highest BCUT2D eigenvalue weighted by atomic mass is 32.2. The molecular formula is C10H18O5S. The van der Waals surface area contributed by atoms with Crippen LogP contribution in [0.15, 0.2) is 0 Å². The van der Waals surface area contributed by atoms with Crippen molar-refractivity contribution < 1.29 is 23.1 Å². The van der Waals surface area contributed by atoms with Crippen LogP contribution in [0.2, 0.25) is 0 Å². The van der Waals surface area contributed by atoms with Crippen molar-refractivity contribution in [2.24, 2.45) is 5.92 Å². The Kier molecular flexibility index (Phi) is 4.32. The van der Waals surface area contributed by atoms with Gasteiger partial charge >= 0.3 is 5.97 Å². The van der Waals surface area contributed by atoms with Crippen LogP contribution in [0, 0.1) is 5.92 Å². The molecule has 1 fully saturated rings. The van der Waals surface area contributed by atoms with Gasteiger partial charge in [0, 0.05) is 13.2 Å². The normalized spacial score (nSPS) is 22.6. The largest absolute Gasteiger partial charge is 0.481 e. The molecule has 0 spiro atoms. The summed E-state index contributed by atoms with van der Waals surface area (Å²) in [5, 5.41) is 7.54. The molecule has 1 heterocycles. The average Bonchev–Trinajstić information content (AvgIpc) is 2.28. The lowest BCUT2D eigenvalue weighted by Gasteiger charge is -2.26. The van der Waals surface area contributed by atoms with Crippen LogP contribution in [0.1, 0.15) is 26.7 Å². The fourth-order valence-corrected chi connectivity index (χ4v) is 3.94. The van der Waals surface area contributed by atoms with Crippen LogP contribution < -0.4 is 0 Å². The maximum atomic E-state index is 12.1. The minimum atomic E-state index is -3.37. The van der Waals surface area contributed by atoms with E-state index in [0.717, 1.165) is 0 Å². The molecule has 6 heteroatoms. The zero-order valence-corrected chi connectivity index (χ0v) is 10.4. The van der Waals surface area contributed by atoms with Crippen LogP contribution in [0.25, 0.3) is 0 Å². The summed E-state index contributed by atoms with van der Waals surface area (Å²) >= 11 is 0. The molecule has 0 amide bonds. The van der Waals surface area contributed by atoms with E-state index in [-0.39, 0.29) is 0 Å². The van der Waals surface area contributed by atoms with Crippen molar-refractivity contribution in [2.75, 3.05) is 13.2 Å². The minimum Gasteiger partial charge on any atom is -0.481 e. The first-order valence-electron chi connectivity index (χ1n) is 5.40. The predicted octanol–water partition coefficient (Wildman–Crippen LogP) is 0.689. The summed E-state index contributed by atoms with van der Waals surface area (Å²) in [6.45, 7) is 3.80. The molecule has 16 heavy (non-hydrogen) atoms. The number of sulfone groups is 1. The van der Waals surface area contributed by atoms with E-state index >= 15 is 0 Å². The monoisotopic (exact) mass is 250 g/mol. The molecule has 1 aliphatic rings. The Labute approximate surface area is 95.7 Å². The molecule has 0 aromatic rings. The van der Waals surface area contributed by atoms with E-state index in [1.807, 2.05) is 0 Å². The Morgan fingerprint density at radius 2 is 1.81 bits per heavy atom. The van der Waals surface area contributed by atoms with Gasteiger partial charge in [0.1, 0.15) is 0 Å². The second-order valence-electron chi connectivity index (χ2n) is 4.23. The smallest absolute Gasteiger partial charge is 0.307 e. The third-order valence-electron chi connectivity index (χ3n) is 3.24. The lowest BCUT2D eigenvalue weighted by molar-refractivity contribution is -0.141. The molecular weight excluding hydrogens is 232 g/mol. The van der Waals surface area contributed by atoms with Crippen molar-refractivity contribution in [3.05, 3.63) is 0 Å². The predicted molar refractivity (Wildman–Crippen MR) is 59.0 cm³/mol. The van der Waals surface area contributed by atoms with Gasteiger partial charge in [0.2, 0.25) is 0 Å². The summed E-state index contributed by atoms with van der Waals surface area (Å²) < 4.78 is 29.3. The Hall–Kier alpha value is -0.620. The van der Waals surface area contributed by atoms with Gasteiger partial charge in [-0.1, -0.05) is 6.92 Å². The second kappa shape index (κ2) is 5.14. The fourth-order valence-electron chi connectivity index (χ4n) is 1.79. The van der Waals surface area contributed by atoms with E-state index in [1.165, 1.54) is 13.8 Å². The molecule has 94 valence electrons. The van der Waals surface area contributed by atoms with Crippen molar-refractivity contribution in [3.63, 3.8) is 0 Å². The van der Waals surface area contributed by atoms with Gasteiger partial charge in [-0.15, -0.1) is 0 Å². The molecule has 2 unspecified atom stereocenters. The number of ether oxygens (including phenoxy) is 1. The number of hydrogen-bond donors (Lipinski definition) is 1. The summed E-state index contributed by atoms with van der Waals surface area (Å²) in [7, 11) is -3.37. The summed E-state index contributed by atoms with van der Waals surface area (Å²) in [5.74, 6) is -1.93. The maximum absolute atomic E-state index is 12.1. The molecule has 0 radical (unpaired) electrons. The van der Waals surface area contributed by atoms with E-state index < -0.39 is 32.2 Å². The zero-order chi connectivity index (χ0) is 12.3. The van der Waals surface area contributed by atoms with Gasteiger partial charge in [-0.3, -0.25) is 4.79 Å². The Balaban J connectivity index is 2.79. The average molecular weight is 250 g/mol. The van der Waals surface area contributed by atoms with Gasteiger partial charge in [-0.2, -0.15) is 0 Å². The number of carboxylic acid groups (broad SMARTS) is 1. The third kappa shape index (κ3) is 2.74. The highest BCUT2D eigenvalue weighted by Crippen LogP contribution is 2.24. The minimum absolute atomic E-state index is 0.443. The summed E-state index contributed by atoms with van der Waals surface area (Å²) in [6, 6.07) is 0. The molecule has 1 saturated heterocycles. The molecule has 0 aromatic heterocycles. The standard InChI is InChI=1S/C10H18O5S/c1-7(10(11)12)8(2)16(13,14)9-3-5-15-6-4-9/h7-9H,3-6H2,1-2H3,(H,11,12). The van der Waals surface area contributed by atoms with Crippen LogP contribution >= 0.6 is 0 Å². The van der Waals surface area contributed by atoms with E-state index in [0.29, 0.717) is 26.1 Å². The molecule has 0 saturated carbocycles. The lowest BCUT2D eigenvalue weighted by Crippen LogP contribution is -2.39. The van der Waals surface area contributed by atoms with Gasteiger partial charge in [-0.05, 0) is 19.8 Å². The molecule has 0 aromatic carbocycles. The molecule has 5 nitrogen and oxygen atoms in total. The Bertz CT molecular complexity index is 342. The molecule has 1 N–H and O–H groups in total. The molecule has 0 aliphatic carbocycles. The molecule has 1 rings (SSSR count). The van der Waals surface area contributed by atoms with Crippen LogP contribution in [-0.2, 0) is 19.4 Å². The van der Waals surface area contributed by atoms with E-state index in [1.54, 1.807) is 0 Å². The van der Waals surface area contributed by atoms with Gasteiger partial charge in [0.15, 0.2) is 9.84 Å². The van der Waals surface area contributed by atoms with Gasteiger partial charge in [-0.25, -0.2) is 8.42 Å². The summed E-state index contributed by atoms with van der Waals surface area (Å²) in [5.41, 5.74) is 0. The van der Waals surface area contributed by atoms with Gasteiger partial charge < -0.3 is 9.84 Å². The van der Waals surface area contributed by atoms with Crippen LogP contribution in [0.3, 0.4) is 0 Å². The molecule has 0 bridgehead atoms. The number of carbonyl (C=O) groups is 1. The fraction of sp³-hybridized carbons (Fsp3) is 0.900. The molecule has 1 aliphatic heterocycles. The van der Waals surface area contributed by atoms with E-state index in [9.17, 15) is 13.2 Å². The number of aliphatic carboxylic acids is 1. The first-order chi connectivity index (χ1) is 7.37. The highest BCUT2D eigenvalue weighted by molar-refractivity contribution is 7.92. The van der Waals surface area contributed by atoms with Crippen LogP contribution in [0.4, 0.5) is 0 Å². The van der Waals surface area contributed by atoms with Crippen molar-refractivity contribution in [2.45, 2.75) is 37.2 Å². The van der Waals surface area contributed by atoms with Crippen molar-refractivity contribution in [1.82, 2.24) is 0 Å². The first kappa shape index (κ1) is 13.4. The Morgan fingerprint density at radius 3 is 2.25 bits per heavy atom. The third-order valence-corrected chi connectivity index (χ3v) is 6.09. The van der Waals surface area contributed by atoms with Crippen molar-refractivity contribution >= 4 is 15.8 Å². The topological polar surface area (TPSA) is 80.7 Å². The molecule has 2 atom stereocenters. The quantitative estimate of drug-likeness (QED) is 0.794. The van der Waals surface area contributed by atoms with Crippen LogP contribution in [-0.4, -0.2) is 43.2 Å². The van der Waals surface area contributed by atoms with Crippen molar-refractivity contribution in [1.29, 1.82) is 0 Å². The van der Waals surface area contributed by atoms with Crippen molar-refractivity contribution in [3.8, 4) is 0 Å². The summed E-state index contributed by atoms with van der Waals surface area (Å²) in [4.78, 5) is 10.8. The van der Waals surface area contributed by atoms with E-state index in [4.69, 9.17) is 9.84 Å². The van der Waals surface area contributed by atoms with Crippen LogP contribution in [0.5, 0.6) is 0 Å². The Morgan fingerprint density at radius 1 is 1.31 bits per heavy atom. The lowest BCUT2D eigenvalue weighted by atomic mass is 10.1.